The molecule has 0 aromatic heterocycles. The second-order valence-corrected chi connectivity index (χ2v) is 4.36. The number of hydrogen-bond donors (Lipinski definition) is 1. The molecular weight excluding hydrogens is 279 g/mol. The van der Waals surface area contributed by atoms with Crippen LogP contribution in [0.3, 0.4) is 0 Å². The number of benzene rings is 1. The Kier molecular flexibility index (Phi) is 3.66. The van der Waals surface area contributed by atoms with Gasteiger partial charge in [-0.1, -0.05) is 0 Å². The molecule has 1 heterocycles. The van der Waals surface area contributed by atoms with Gasteiger partial charge in [-0.25, -0.2) is 4.39 Å². The van der Waals surface area contributed by atoms with Crippen LogP contribution in [0.4, 0.5) is 4.39 Å². The van der Waals surface area contributed by atoms with Gasteiger partial charge in [0.2, 0.25) is 0 Å². The third-order valence-corrected chi connectivity index (χ3v) is 2.96. The highest BCUT2D eigenvalue weighted by atomic mass is 79.9. The summed E-state index contributed by atoms with van der Waals surface area (Å²) in [6.07, 6.45) is 0.990. The van der Waals surface area contributed by atoms with Crippen LogP contribution in [-0.4, -0.2) is 24.9 Å². The molecule has 0 bridgehead atoms. The zero-order valence-electron chi connectivity index (χ0n) is 8.63. The first-order valence-corrected chi connectivity index (χ1v) is 5.90. The van der Waals surface area contributed by atoms with Crippen molar-refractivity contribution in [2.45, 2.75) is 12.8 Å². The predicted molar refractivity (Wildman–Crippen MR) is 60.5 cm³/mol. The van der Waals surface area contributed by atoms with Crippen LogP contribution < -0.4 is 9.47 Å². The Morgan fingerprint density at radius 2 is 2.12 bits per heavy atom. The number of ether oxygens (including phenoxy) is 2. The van der Waals surface area contributed by atoms with Gasteiger partial charge < -0.3 is 14.6 Å². The monoisotopic (exact) mass is 290 g/mol. The van der Waals surface area contributed by atoms with Crippen molar-refractivity contribution in [1.29, 1.82) is 0 Å². The van der Waals surface area contributed by atoms with Crippen LogP contribution >= 0.6 is 15.9 Å². The molecular formula is C11H12BrFO3. The minimum Gasteiger partial charge on any atom is -0.490 e. The molecule has 3 nitrogen and oxygen atoms in total. The van der Waals surface area contributed by atoms with Gasteiger partial charge in [0.15, 0.2) is 11.5 Å². The molecule has 0 aliphatic carbocycles. The molecule has 0 unspecified atom stereocenters. The molecule has 0 radical (unpaired) electrons. The second kappa shape index (κ2) is 5.01. The Morgan fingerprint density at radius 3 is 2.88 bits per heavy atom. The number of hydrogen-bond acceptors (Lipinski definition) is 3. The molecule has 1 aromatic carbocycles. The van der Waals surface area contributed by atoms with Gasteiger partial charge in [-0.05, 0) is 15.9 Å². The summed E-state index contributed by atoms with van der Waals surface area (Å²) in [5.74, 6) is 0.569. The van der Waals surface area contributed by atoms with Crippen LogP contribution in [0.15, 0.2) is 10.5 Å². The fraction of sp³-hybridized carbons (Fsp3) is 0.455. The van der Waals surface area contributed by atoms with E-state index in [1.165, 1.54) is 0 Å². The maximum Gasteiger partial charge on any atom is 0.167 e. The van der Waals surface area contributed by atoms with Crippen LogP contribution in [-0.2, 0) is 6.42 Å². The van der Waals surface area contributed by atoms with E-state index in [-0.39, 0.29) is 13.0 Å². The number of aliphatic hydroxyl groups is 1. The standard InChI is InChI=1S/C11H12BrFO3/c12-8-6-9-11(16-5-1-4-15-9)7(2-3-14)10(8)13/h6,14H,1-5H2. The Hall–Kier alpha value is -0.810. The second-order valence-electron chi connectivity index (χ2n) is 3.50. The van der Waals surface area contributed by atoms with Crippen LogP contribution in [0.25, 0.3) is 0 Å². The summed E-state index contributed by atoms with van der Waals surface area (Å²) >= 11 is 3.13. The summed E-state index contributed by atoms with van der Waals surface area (Å²) in [5, 5.41) is 8.93. The van der Waals surface area contributed by atoms with Gasteiger partial charge in [-0.2, -0.15) is 0 Å². The highest BCUT2D eigenvalue weighted by Crippen LogP contribution is 2.39. The third kappa shape index (κ3) is 2.15. The molecule has 1 N–H and O–H groups in total. The summed E-state index contributed by atoms with van der Waals surface area (Å²) in [4.78, 5) is 0. The summed E-state index contributed by atoms with van der Waals surface area (Å²) in [5.41, 5.74) is 0.369. The summed E-state index contributed by atoms with van der Waals surface area (Å²) in [6, 6.07) is 1.57. The number of aliphatic hydroxyl groups excluding tert-OH is 1. The molecule has 0 spiro atoms. The molecule has 0 amide bonds. The maximum absolute atomic E-state index is 13.8. The zero-order valence-corrected chi connectivity index (χ0v) is 10.2. The highest BCUT2D eigenvalue weighted by Gasteiger charge is 2.20. The van der Waals surface area contributed by atoms with Crippen molar-refractivity contribution in [2.75, 3.05) is 19.8 Å². The first-order chi connectivity index (χ1) is 7.74. The van der Waals surface area contributed by atoms with Gasteiger partial charge in [-0.3, -0.25) is 0 Å². The fourth-order valence-corrected chi connectivity index (χ4v) is 2.10. The van der Waals surface area contributed by atoms with E-state index in [1.54, 1.807) is 6.07 Å². The lowest BCUT2D eigenvalue weighted by molar-refractivity contribution is 0.284. The lowest BCUT2D eigenvalue weighted by atomic mass is 10.1. The molecule has 0 fully saturated rings. The van der Waals surface area contributed by atoms with Gasteiger partial charge in [0, 0.05) is 31.1 Å². The largest absolute Gasteiger partial charge is 0.490 e. The van der Waals surface area contributed by atoms with Crippen molar-refractivity contribution in [2.24, 2.45) is 0 Å². The van der Waals surface area contributed by atoms with Gasteiger partial charge in [0.1, 0.15) is 5.82 Å². The van der Waals surface area contributed by atoms with Crippen LogP contribution in [0, 0.1) is 5.82 Å². The molecule has 0 saturated carbocycles. The predicted octanol–water partition coefficient (Wildman–Crippen LogP) is 2.28. The maximum atomic E-state index is 13.8. The molecule has 1 aliphatic heterocycles. The van der Waals surface area contributed by atoms with E-state index in [2.05, 4.69) is 15.9 Å². The minimum atomic E-state index is -0.390. The average Bonchev–Trinajstić information content (AvgIpc) is 2.50. The van der Waals surface area contributed by atoms with Gasteiger partial charge >= 0.3 is 0 Å². The van der Waals surface area contributed by atoms with Crippen LogP contribution in [0.2, 0.25) is 0 Å². The van der Waals surface area contributed by atoms with Crippen molar-refractivity contribution in [3.05, 3.63) is 21.9 Å². The van der Waals surface area contributed by atoms with Gasteiger partial charge in [0.25, 0.3) is 0 Å². The molecule has 2 rings (SSSR count). The van der Waals surface area contributed by atoms with Crippen molar-refractivity contribution in [1.82, 2.24) is 0 Å². The van der Waals surface area contributed by atoms with Gasteiger partial charge in [0.05, 0.1) is 17.7 Å². The SMILES string of the molecule is OCCc1c(F)c(Br)cc2c1OCCCO2. The lowest BCUT2D eigenvalue weighted by Crippen LogP contribution is -2.03. The molecule has 5 heteroatoms. The summed E-state index contributed by atoms with van der Waals surface area (Å²) in [6.45, 7) is 0.944. The van der Waals surface area contributed by atoms with E-state index < -0.39 is 5.82 Å². The molecule has 1 aliphatic rings. The van der Waals surface area contributed by atoms with E-state index in [4.69, 9.17) is 14.6 Å². The highest BCUT2D eigenvalue weighted by molar-refractivity contribution is 9.10. The van der Waals surface area contributed by atoms with E-state index in [1.807, 2.05) is 0 Å². The molecule has 0 saturated heterocycles. The zero-order chi connectivity index (χ0) is 11.5. The molecule has 0 atom stereocenters. The molecule has 16 heavy (non-hydrogen) atoms. The minimum absolute atomic E-state index is 0.122. The first kappa shape index (κ1) is 11.7. The van der Waals surface area contributed by atoms with Crippen LogP contribution in [0.5, 0.6) is 11.5 Å². The number of fused-ring (bicyclic) bond motifs is 1. The normalized spacial score (nSPS) is 14.7. The Balaban J connectivity index is 2.51. The van der Waals surface area contributed by atoms with E-state index in [0.717, 1.165) is 6.42 Å². The van der Waals surface area contributed by atoms with Crippen molar-refractivity contribution in [3.8, 4) is 11.5 Å². The quantitative estimate of drug-likeness (QED) is 0.908. The summed E-state index contributed by atoms with van der Waals surface area (Å²) < 4.78 is 25.1. The average molecular weight is 291 g/mol. The summed E-state index contributed by atoms with van der Waals surface area (Å²) in [7, 11) is 0. The Bertz CT molecular complexity index is 395. The van der Waals surface area contributed by atoms with Crippen molar-refractivity contribution in [3.63, 3.8) is 0 Å². The molecule has 88 valence electrons. The Morgan fingerprint density at radius 1 is 1.38 bits per heavy atom. The van der Waals surface area contributed by atoms with Crippen molar-refractivity contribution < 1.29 is 19.0 Å². The topological polar surface area (TPSA) is 38.7 Å². The third-order valence-electron chi connectivity index (χ3n) is 2.38. The smallest absolute Gasteiger partial charge is 0.167 e. The lowest BCUT2D eigenvalue weighted by Gasteiger charge is -2.13. The van der Waals surface area contributed by atoms with Crippen LogP contribution in [0.1, 0.15) is 12.0 Å². The number of rotatable bonds is 2. The van der Waals surface area contributed by atoms with E-state index in [0.29, 0.717) is 34.7 Å². The fourth-order valence-electron chi connectivity index (χ4n) is 1.65. The van der Waals surface area contributed by atoms with Gasteiger partial charge in [-0.15, -0.1) is 0 Å². The van der Waals surface area contributed by atoms with Crippen molar-refractivity contribution >= 4 is 15.9 Å². The number of halogens is 2. The Labute approximate surface area is 101 Å². The first-order valence-electron chi connectivity index (χ1n) is 5.11. The van der Waals surface area contributed by atoms with E-state index >= 15 is 0 Å². The molecule has 1 aromatic rings. The van der Waals surface area contributed by atoms with E-state index in [9.17, 15) is 4.39 Å².